The minimum absolute atomic E-state index is 0.00765. The molecule has 0 aromatic heterocycles. The number of rotatable bonds is 4. The van der Waals surface area contributed by atoms with Gasteiger partial charge in [-0.15, -0.1) is 5.54 Å². The maximum absolute atomic E-state index is 13.9. The van der Waals surface area contributed by atoms with Crippen molar-refractivity contribution in [2.45, 2.75) is 109 Å². The molecule has 0 bridgehead atoms. The largest absolute Gasteiger partial charge is 0.467 e. The summed E-state index contributed by atoms with van der Waals surface area (Å²) in [5.74, 6) is 2.59. The Morgan fingerprint density at radius 1 is 1.03 bits per heavy atom. The fourth-order valence-corrected chi connectivity index (χ4v) is 4.97. The average molecular weight is 465 g/mol. The van der Waals surface area contributed by atoms with E-state index in [1.807, 2.05) is 0 Å². The van der Waals surface area contributed by atoms with Crippen LogP contribution in [0.1, 0.15) is 65.7 Å². The lowest BCUT2D eigenvalue weighted by Crippen LogP contribution is -2.57. The van der Waals surface area contributed by atoms with Gasteiger partial charge in [-0.25, -0.2) is 9.59 Å². The van der Waals surface area contributed by atoms with Crippen molar-refractivity contribution < 1.29 is 23.9 Å². The minimum atomic E-state index is -1.66. The van der Waals surface area contributed by atoms with Crippen molar-refractivity contribution in [1.29, 1.82) is 0 Å². The lowest BCUT2D eigenvalue weighted by Gasteiger charge is -2.36. The van der Waals surface area contributed by atoms with Crippen LogP contribution in [0.5, 0.6) is 0 Å². The van der Waals surface area contributed by atoms with Gasteiger partial charge in [0.05, 0.1) is 13.2 Å². The van der Waals surface area contributed by atoms with Crippen LogP contribution < -0.4 is 5.32 Å². The second-order valence-corrected chi connectivity index (χ2v) is 15.7. The van der Waals surface area contributed by atoms with E-state index in [1.165, 1.54) is 7.11 Å². The zero-order chi connectivity index (χ0) is 24.1. The first kappa shape index (κ1) is 26.2. The van der Waals surface area contributed by atoms with E-state index in [0.29, 0.717) is 12.8 Å². The van der Waals surface area contributed by atoms with Gasteiger partial charge in [-0.2, -0.15) is 0 Å². The molecule has 1 saturated heterocycles. The van der Waals surface area contributed by atoms with Gasteiger partial charge in [-0.1, -0.05) is 44.8 Å². The van der Waals surface area contributed by atoms with Crippen LogP contribution in [0.15, 0.2) is 0 Å². The van der Waals surface area contributed by atoms with Crippen LogP contribution in [0, 0.1) is 17.4 Å². The lowest BCUT2D eigenvalue weighted by atomic mass is 9.83. The number of nitrogens with one attached hydrogen (secondary N) is 1. The van der Waals surface area contributed by atoms with Crippen LogP contribution in [0.3, 0.4) is 0 Å². The van der Waals surface area contributed by atoms with Crippen LogP contribution in [-0.2, 0) is 19.1 Å². The molecule has 1 aliphatic heterocycles. The average Bonchev–Trinajstić information content (AvgIpc) is 3.12. The SMILES string of the molecule is COC(=O)C1CCC(C#C[Si](C)(C)C)N1C(=O)[C@H](NC(=O)OC(C)(C)C)C1CCCCC1. The highest BCUT2D eigenvalue weighted by molar-refractivity contribution is 6.83. The van der Waals surface area contributed by atoms with E-state index in [2.05, 4.69) is 36.4 Å². The number of ether oxygens (including phenoxy) is 2. The lowest BCUT2D eigenvalue weighted by molar-refractivity contribution is -0.153. The fraction of sp³-hybridized carbons (Fsp3) is 0.792. The van der Waals surface area contributed by atoms with E-state index < -0.39 is 37.8 Å². The first-order valence-corrected chi connectivity index (χ1v) is 15.2. The van der Waals surface area contributed by atoms with Gasteiger partial charge in [0.25, 0.3) is 0 Å². The first-order chi connectivity index (χ1) is 14.8. The van der Waals surface area contributed by atoms with Gasteiger partial charge in [-0.05, 0) is 52.4 Å². The monoisotopic (exact) mass is 464 g/mol. The Labute approximate surface area is 194 Å². The van der Waals surface area contributed by atoms with E-state index in [9.17, 15) is 14.4 Å². The minimum Gasteiger partial charge on any atom is -0.467 e. The van der Waals surface area contributed by atoms with Crippen molar-refractivity contribution in [3.63, 3.8) is 0 Å². The van der Waals surface area contributed by atoms with Crippen molar-refractivity contribution in [1.82, 2.24) is 10.2 Å². The molecule has 32 heavy (non-hydrogen) atoms. The topological polar surface area (TPSA) is 84.9 Å². The number of carbonyl (C=O) groups is 3. The number of carbonyl (C=O) groups excluding carboxylic acids is 3. The van der Waals surface area contributed by atoms with Crippen LogP contribution in [-0.4, -0.2) is 61.8 Å². The summed E-state index contributed by atoms with van der Waals surface area (Å²) in [4.78, 5) is 40.6. The van der Waals surface area contributed by atoms with Crippen molar-refractivity contribution in [3.8, 4) is 11.5 Å². The quantitative estimate of drug-likeness (QED) is 0.388. The Hall–Kier alpha value is -2.01. The standard InChI is InChI=1S/C24H40N2O5Si/c1-24(2,3)31-23(29)25-20(17-11-9-8-10-12-17)21(27)26-18(15-16-32(5,6)7)13-14-19(26)22(28)30-4/h17-20H,8-14H2,1-7H3,(H,25,29)/t18?,19?,20-/m1/s1. The second-order valence-electron chi connectivity index (χ2n) is 10.9. The molecule has 8 heteroatoms. The maximum Gasteiger partial charge on any atom is 0.408 e. The summed E-state index contributed by atoms with van der Waals surface area (Å²) in [6, 6.07) is -1.78. The molecule has 3 atom stereocenters. The number of amides is 2. The van der Waals surface area contributed by atoms with E-state index in [0.717, 1.165) is 32.1 Å². The highest BCUT2D eigenvalue weighted by atomic mass is 28.3. The summed E-state index contributed by atoms with van der Waals surface area (Å²) < 4.78 is 10.4. The predicted octanol–water partition coefficient (Wildman–Crippen LogP) is 3.87. The van der Waals surface area contributed by atoms with Crippen LogP contribution in [0.2, 0.25) is 19.6 Å². The summed E-state index contributed by atoms with van der Waals surface area (Å²) in [5, 5.41) is 2.85. The fourth-order valence-electron chi connectivity index (χ4n) is 4.37. The molecule has 1 N–H and O–H groups in total. The number of hydrogen-bond donors (Lipinski definition) is 1. The maximum atomic E-state index is 13.9. The summed E-state index contributed by atoms with van der Waals surface area (Å²) in [6.45, 7) is 11.8. The normalized spacial score (nSPS) is 23.0. The molecule has 0 aromatic rings. The highest BCUT2D eigenvalue weighted by Gasteiger charge is 2.45. The van der Waals surface area contributed by atoms with E-state index in [-0.39, 0.29) is 17.9 Å². The Kier molecular flexibility index (Phi) is 8.80. The summed E-state index contributed by atoms with van der Waals surface area (Å²) in [5.41, 5.74) is 2.68. The number of hydrogen-bond acceptors (Lipinski definition) is 5. The summed E-state index contributed by atoms with van der Waals surface area (Å²) in [7, 11) is -0.327. The molecule has 2 rings (SSSR count). The molecule has 2 unspecified atom stereocenters. The van der Waals surface area contributed by atoms with E-state index >= 15 is 0 Å². The molecule has 2 amide bonds. The van der Waals surface area contributed by atoms with Crippen molar-refractivity contribution >= 4 is 26.0 Å². The molecule has 1 saturated carbocycles. The third-order valence-electron chi connectivity index (χ3n) is 5.79. The van der Waals surface area contributed by atoms with Gasteiger partial charge in [0, 0.05) is 0 Å². The van der Waals surface area contributed by atoms with Gasteiger partial charge >= 0.3 is 12.1 Å². The van der Waals surface area contributed by atoms with Gasteiger partial charge in [0.15, 0.2) is 0 Å². The van der Waals surface area contributed by atoms with Crippen LogP contribution in [0.4, 0.5) is 4.79 Å². The number of esters is 1. The smallest absolute Gasteiger partial charge is 0.408 e. The van der Waals surface area contributed by atoms with E-state index in [1.54, 1.807) is 25.7 Å². The number of likely N-dealkylation sites (tertiary alicyclic amines) is 1. The Morgan fingerprint density at radius 2 is 1.66 bits per heavy atom. The summed E-state index contributed by atoms with van der Waals surface area (Å²) >= 11 is 0. The third kappa shape index (κ3) is 7.54. The molecule has 1 aliphatic carbocycles. The second kappa shape index (κ2) is 10.7. The van der Waals surface area contributed by atoms with Gasteiger partial charge < -0.3 is 19.7 Å². The molecule has 0 aromatic carbocycles. The molecule has 0 radical (unpaired) electrons. The molecule has 1 heterocycles. The Morgan fingerprint density at radius 3 is 2.19 bits per heavy atom. The molecular formula is C24H40N2O5Si. The number of methoxy groups -OCH3 is 1. The van der Waals surface area contributed by atoms with Crippen molar-refractivity contribution in [3.05, 3.63) is 0 Å². The Balaban J connectivity index is 2.36. The van der Waals surface area contributed by atoms with Crippen molar-refractivity contribution in [2.24, 2.45) is 5.92 Å². The first-order valence-electron chi connectivity index (χ1n) is 11.7. The zero-order valence-electron chi connectivity index (χ0n) is 20.7. The molecule has 0 spiro atoms. The van der Waals surface area contributed by atoms with Crippen LogP contribution in [0.25, 0.3) is 0 Å². The Bertz CT molecular complexity index is 753. The van der Waals surface area contributed by atoms with Gasteiger partial charge in [0.2, 0.25) is 5.91 Å². The van der Waals surface area contributed by atoms with Crippen LogP contribution >= 0.6 is 0 Å². The summed E-state index contributed by atoms with van der Waals surface area (Å²) in [6.07, 6.45) is 5.39. The molecule has 7 nitrogen and oxygen atoms in total. The van der Waals surface area contributed by atoms with Crippen molar-refractivity contribution in [2.75, 3.05) is 7.11 Å². The molecule has 180 valence electrons. The van der Waals surface area contributed by atoms with Gasteiger partial charge in [0.1, 0.15) is 25.8 Å². The zero-order valence-corrected chi connectivity index (χ0v) is 21.7. The van der Waals surface area contributed by atoms with E-state index in [4.69, 9.17) is 9.47 Å². The third-order valence-corrected chi connectivity index (χ3v) is 6.68. The molecular weight excluding hydrogens is 424 g/mol. The molecule has 2 fully saturated rings. The highest BCUT2D eigenvalue weighted by Crippen LogP contribution is 2.32. The molecule has 2 aliphatic rings. The predicted molar refractivity (Wildman–Crippen MR) is 127 cm³/mol. The number of alkyl carbamates (subject to hydrolysis) is 1. The van der Waals surface area contributed by atoms with Gasteiger partial charge in [-0.3, -0.25) is 4.79 Å². The number of nitrogens with zero attached hydrogens (tertiary/aromatic N) is 1.